The Hall–Kier alpha value is -2.74. The second kappa shape index (κ2) is 8.42. The molecule has 0 saturated carbocycles. The second-order valence-electron chi connectivity index (χ2n) is 8.78. The van der Waals surface area contributed by atoms with E-state index in [0.29, 0.717) is 29.2 Å². The topological polar surface area (TPSA) is 95.4 Å². The number of Topliss-reactive ketones (excluding diaryl/α,β-unsaturated/α-hetero) is 1. The fourth-order valence-electron chi connectivity index (χ4n) is 3.81. The Morgan fingerprint density at radius 3 is 2.71 bits per heavy atom. The van der Waals surface area contributed by atoms with Gasteiger partial charge in [-0.05, 0) is 30.0 Å². The number of anilines is 1. The average molecular weight is 487 g/mol. The molecule has 1 aromatic carbocycles. The molecule has 8 heteroatoms. The minimum absolute atomic E-state index is 0. The molecule has 0 atom stereocenters. The number of ether oxygens (including phenoxy) is 1. The zero-order chi connectivity index (χ0) is 21.6. The summed E-state index contributed by atoms with van der Waals surface area (Å²) >= 11 is 0. The molecule has 4 rings (SSSR count). The summed E-state index contributed by atoms with van der Waals surface area (Å²) in [7, 11) is 0. The van der Waals surface area contributed by atoms with Gasteiger partial charge in [-0.15, -0.1) is 17.0 Å². The molecule has 0 saturated heterocycles. The number of benzene rings is 1. The lowest BCUT2D eigenvalue weighted by molar-refractivity contribution is -0.118. The number of aryl methyl sites for hydroxylation is 1. The molecular weight excluding hydrogens is 460 g/mol. The van der Waals surface area contributed by atoms with E-state index < -0.39 is 0 Å². The Bertz CT molecular complexity index is 1080. The van der Waals surface area contributed by atoms with Gasteiger partial charge in [0.05, 0.1) is 12.2 Å². The van der Waals surface area contributed by atoms with Gasteiger partial charge in [0.1, 0.15) is 17.3 Å². The fourth-order valence-corrected chi connectivity index (χ4v) is 3.81. The Morgan fingerprint density at radius 2 is 2.03 bits per heavy atom. The third kappa shape index (κ3) is 4.35. The van der Waals surface area contributed by atoms with Crippen LogP contribution in [0.4, 0.5) is 5.69 Å². The number of amidine groups is 1. The molecule has 7 nitrogen and oxygen atoms in total. The van der Waals surface area contributed by atoms with E-state index in [0.717, 1.165) is 23.2 Å². The molecule has 2 aliphatic heterocycles. The molecule has 2 aromatic rings. The highest BCUT2D eigenvalue weighted by Gasteiger charge is 2.31. The maximum absolute atomic E-state index is 13.2. The van der Waals surface area contributed by atoms with E-state index in [4.69, 9.17) is 10.1 Å². The molecule has 1 amide bonds. The number of nitrogens with zero attached hydrogens (tertiary/aromatic N) is 2. The van der Waals surface area contributed by atoms with Crippen LogP contribution in [-0.2, 0) is 23.2 Å². The van der Waals surface area contributed by atoms with Crippen LogP contribution in [-0.4, -0.2) is 40.6 Å². The normalized spacial score (nSPS) is 14.9. The van der Waals surface area contributed by atoms with E-state index in [2.05, 4.69) is 10.3 Å². The van der Waals surface area contributed by atoms with Crippen LogP contribution in [0.25, 0.3) is 0 Å². The Kier molecular flexibility index (Phi) is 6.23. The summed E-state index contributed by atoms with van der Waals surface area (Å²) in [5.74, 6) is 0.550. The number of hydrogen-bond acceptors (Lipinski definition) is 5. The minimum Gasteiger partial charge on any atom is -0.481 e. The van der Waals surface area contributed by atoms with Crippen LogP contribution in [0.2, 0.25) is 0 Å². The number of nitrogens with one attached hydrogen (secondary N) is 2. The van der Waals surface area contributed by atoms with E-state index in [1.807, 2.05) is 45.9 Å². The van der Waals surface area contributed by atoms with Gasteiger partial charge in [0.15, 0.2) is 12.4 Å². The first-order valence-electron chi connectivity index (χ1n) is 10.1. The molecule has 0 spiro atoms. The number of aromatic nitrogens is 1. The van der Waals surface area contributed by atoms with Crippen molar-refractivity contribution < 1.29 is 14.3 Å². The van der Waals surface area contributed by atoms with Crippen LogP contribution in [0.15, 0.2) is 24.3 Å². The molecule has 3 heterocycles. The monoisotopic (exact) mass is 486 g/mol. The molecule has 0 bridgehead atoms. The van der Waals surface area contributed by atoms with Gasteiger partial charge in [-0.1, -0.05) is 33.8 Å². The smallest absolute Gasteiger partial charge is 0.262 e. The first-order valence-corrected chi connectivity index (χ1v) is 10.1. The summed E-state index contributed by atoms with van der Waals surface area (Å²) in [6.07, 6.45) is 0.804. The van der Waals surface area contributed by atoms with Crippen molar-refractivity contribution in [2.45, 2.75) is 46.1 Å². The maximum atomic E-state index is 13.2. The summed E-state index contributed by atoms with van der Waals surface area (Å²) < 4.78 is 5.67. The van der Waals surface area contributed by atoms with Gasteiger partial charge in [-0.3, -0.25) is 15.0 Å². The summed E-state index contributed by atoms with van der Waals surface area (Å²) in [6, 6.07) is 7.48. The molecule has 0 unspecified atom stereocenters. The lowest BCUT2D eigenvalue weighted by atomic mass is 9.84. The van der Waals surface area contributed by atoms with E-state index in [9.17, 15) is 9.59 Å². The van der Waals surface area contributed by atoms with Gasteiger partial charge in [0.2, 0.25) is 0 Å². The van der Waals surface area contributed by atoms with Crippen molar-refractivity contribution >= 4 is 40.2 Å². The Balaban J connectivity index is 0.00000272. The predicted octanol–water partition coefficient (Wildman–Crippen LogP) is 3.87. The van der Waals surface area contributed by atoms with Crippen molar-refractivity contribution in [2.75, 3.05) is 18.5 Å². The van der Waals surface area contributed by atoms with E-state index in [1.165, 1.54) is 0 Å². The predicted molar refractivity (Wildman–Crippen MR) is 125 cm³/mol. The van der Waals surface area contributed by atoms with E-state index in [1.54, 1.807) is 11.0 Å². The van der Waals surface area contributed by atoms with Crippen LogP contribution in [0.1, 0.15) is 60.6 Å². The van der Waals surface area contributed by atoms with Crippen molar-refractivity contribution in [3.8, 4) is 5.75 Å². The molecule has 2 N–H and O–H groups in total. The third-order valence-electron chi connectivity index (χ3n) is 5.48. The number of halogens is 1. The highest BCUT2D eigenvalue weighted by atomic mass is 79.9. The molecule has 0 fully saturated rings. The number of carbonyl (C=O) groups is 2. The second-order valence-corrected chi connectivity index (χ2v) is 8.78. The van der Waals surface area contributed by atoms with Crippen LogP contribution in [0, 0.1) is 5.41 Å². The van der Waals surface area contributed by atoms with Gasteiger partial charge in [0.25, 0.3) is 5.91 Å². The van der Waals surface area contributed by atoms with Crippen LogP contribution >= 0.6 is 17.0 Å². The van der Waals surface area contributed by atoms with E-state index >= 15 is 0 Å². The first-order chi connectivity index (χ1) is 14.2. The van der Waals surface area contributed by atoms with Gasteiger partial charge in [-0.2, -0.15) is 0 Å². The largest absolute Gasteiger partial charge is 0.481 e. The highest BCUT2D eigenvalue weighted by molar-refractivity contribution is 8.93. The maximum Gasteiger partial charge on any atom is 0.262 e. The van der Waals surface area contributed by atoms with Crippen LogP contribution in [0.5, 0.6) is 5.75 Å². The number of fused-ring (bicyclic) bond motifs is 2. The molecule has 0 aliphatic carbocycles. The lowest BCUT2D eigenvalue weighted by Crippen LogP contribution is -2.31. The number of rotatable bonds is 4. The van der Waals surface area contributed by atoms with Gasteiger partial charge in [0, 0.05) is 28.9 Å². The van der Waals surface area contributed by atoms with Gasteiger partial charge < -0.3 is 15.0 Å². The summed E-state index contributed by atoms with van der Waals surface area (Å²) in [4.78, 5) is 31.3. The van der Waals surface area contributed by atoms with Gasteiger partial charge >= 0.3 is 0 Å². The van der Waals surface area contributed by atoms with Crippen molar-refractivity contribution in [1.82, 2.24) is 9.88 Å². The minimum atomic E-state index is -0.264. The van der Waals surface area contributed by atoms with Crippen molar-refractivity contribution in [2.24, 2.45) is 0 Å². The Labute approximate surface area is 192 Å². The van der Waals surface area contributed by atoms with Crippen molar-refractivity contribution in [3.05, 3.63) is 52.3 Å². The zero-order valence-corrected chi connectivity index (χ0v) is 19.9. The first kappa shape index (κ1) is 22.9. The summed E-state index contributed by atoms with van der Waals surface area (Å²) in [5.41, 5.74) is 4.19. The third-order valence-corrected chi connectivity index (χ3v) is 5.48. The molecule has 0 radical (unpaired) electrons. The lowest BCUT2D eigenvalue weighted by Gasteiger charge is -2.28. The van der Waals surface area contributed by atoms with E-state index in [-0.39, 0.29) is 53.1 Å². The Morgan fingerprint density at radius 1 is 1.29 bits per heavy atom. The van der Waals surface area contributed by atoms with Crippen LogP contribution in [0.3, 0.4) is 0 Å². The van der Waals surface area contributed by atoms with Crippen LogP contribution < -0.4 is 10.1 Å². The number of hydrogen-bond donors (Lipinski definition) is 2. The highest BCUT2D eigenvalue weighted by Crippen LogP contribution is 2.40. The summed E-state index contributed by atoms with van der Waals surface area (Å²) in [6.45, 7) is 8.70. The average Bonchev–Trinajstić information content (AvgIpc) is 3.00. The zero-order valence-electron chi connectivity index (χ0n) is 18.2. The number of pyridine rings is 1. The van der Waals surface area contributed by atoms with Crippen molar-refractivity contribution in [1.29, 1.82) is 5.41 Å². The standard InChI is InChI=1S/C23H26N4O3.BrH/c1-5-15-7-6-13-10-27(22(24)20(13)25-15)11-18(28)14-8-16(23(2,3)4)21-17(9-14)26-19(29)12-30-21;/h6-9,24H,5,10-12H2,1-4H3,(H,26,29);1H. The summed E-state index contributed by atoms with van der Waals surface area (Å²) in [5, 5.41) is 11.3. The number of carbonyl (C=O) groups excluding carboxylic acids is 2. The SMILES string of the molecule is Br.CCc1ccc2c(n1)C(=N)N(CC(=O)c1cc3c(c(C(C)(C)C)c1)OCC(=O)N3)C2. The fraction of sp³-hybridized carbons (Fsp3) is 0.391. The number of ketones is 1. The van der Waals surface area contributed by atoms with Crippen molar-refractivity contribution in [3.63, 3.8) is 0 Å². The number of amides is 1. The quantitative estimate of drug-likeness (QED) is 0.639. The molecule has 164 valence electrons. The molecule has 31 heavy (non-hydrogen) atoms. The van der Waals surface area contributed by atoms with Gasteiger partial charge in [-0.25, -0.2) is 4.98 Å². The molecule has 2 aliphatic rings. The molecular formula is C23H27BrN4O3. The molecule has 1 aromatic heterocycles.